The molecule has 1 amide bonds. The van der Waals surface area contributed by atoms with Crippen molar-refractivity contribution in [1.29, 1.82) is 0 Å². The van der Waals surface area contributed by atoms with Gasteiger partial charge >= 0.3 is 0 Å². The standard InChI is InChI=1S/C19H16Cl2N2O3/c1-25-16-4-2-3-12(7-16)17-11-22-19(26-17)6-5-18(24)23-15-9-13(20)8-14(21)10-15/h2-4,7-11H,5-6H2,1H3,(H,23,24). The van der Waals surface area contributed by atoms with Gasteiger partial charge in [0.05, 0.1) is 13.3 Å². The van der Waals surface area contributed by atoms with E-state index in [1.807, 2.05) is 24.3 Å². The zero-order valence-corrected chi connectivity index (χ0v) is 15.5. The maximum Gasteiger partial charge on any atom is 0.224 e. The van der Waals surface area contributed by atoms with Crippen LogP contribution in [-0.2, 0) is 11.2 Å². The number of rotatable bonds is 6. The van der Waals surface area contributed by atoms with Crippen molar-refractivity contribution >= 4 is 34.8 Å². The van der Waals surface area contributed by atoms with Crippen molar-refractivity contribution in [2.24, 2.45) is 0 Å². The minimum absolute atomic E-state index is 0.176. The molecule has 7 heteroatoms. The molecule has 3 rings (SSSR count). The Morgan fingerprint density at radius 3 is 2.69 bits per heavy atom. The average Bonchev–Trinajstić information content (AvgIpc) is 3.08. The fraction of sp³-hybridized carbons (Fsp3) is 0.158. The Kier molecular flexibility index (Phi) is 5.81. The van der Waals surface area contributed by atoms with Gasteiger partial charge in [0.1, 0.15) is 5.75 Å². The highest BCUT2D eigenvalue weighted by molar-refractivity contribution is 6.35. The molecule has 3 aromatic rings. The highest BCUT2D eigenvalue weighted by Gasteiger charge is 2.10. The number of aryl methyl sites for hydroxylation is 1. The molecular formula is C19H16Cl2N2O3. The second-order valence-corrected chi connectivity index (χ2v) is 6.43. The van der Waals surface area contributed by atoms with Crippen LogP contribution in [0.15, 0.2) is 53.1 Å². The number of aromatic nitrogens is 1. The lowest BCUT2D eigenvalue weighted by atomic mass is 10.2. The van der Waals surface area contributed by atoms with Gasteiger partial charge in [0.15, 0.2) is 11.7 Å². The van der Waals surface area contributed by atoms with Crippen LogP contribution in [0.2, 0.25) is 10.0 Å². The van der Waals surface area contributed by atoms with Gasteiger partial charge in [-0.05, 0) is 30.3 Å². The van der Waals surface area contributed by atoms with Crippen LogP contribution in [-0.4, -0.2) is 18.0 Å². The number of hydrogen-bond acceptors (Lipinski definition) is 4. The molecule has 1 heterocycles. The quantitative estimate of drug-likeness (QED) is 0.625. The van der Waals surface area contributed by atoms with Gasteiger partial charge < -0.3 is 14.5 Å². The first kappa shape index (κ1) is 18.3. The van der Waals surface area contributed by atoms with Gasteiger partial charge in [-0.3, -0.25) is 4.79 Å². The zero-order valence-electron chi connectivity index (χ0n) is 14.0. The van der Waals surface area contributed by atoms with E-state index in [0.29, 0.717) is 33.8 Å². The van der Waals surface area contributed by atoms with Crippen LogP contribution in [0.5, 0.6) is 5.75 Å². The van der Waals surface area contributed by atoms with Crippen LogP contribution in [0.25, 0.3) is 11.3 Å². The van der Waals surface area contributed by atoms with Crippen LogP contribution >= 0.6 is 23.2 Å². The predicted octanol–water partition coefficient (Wildman–Crippen LogP) is 5.23. The van der Waals surface area contributed by atoms with Crippen molar-refractivity contribution in [2.75, 3.05) is 12.4 Å². The summed E-state index contributed by atoms with van der Waals surface area (Å²) in [7, 11) is 1.61. The minimum Gasteiger partial charge on any atom is -0.497 e. The summed E-state index contributed by atoms with van der Waals surface area (Å²) in [6.45, 7) is 0. The number of methoxy groups -OCH3 is 1. The van der Waals surface area contributed by atoms with E-state index in [-0.39, 0.29) is 12.3 Å². The first-order chi connectivity index (χ1) is 12.5. The normalized spacial score (nSPS) is 10.6. The molecule has 0 aliphatic heterocycles. The van der Waals surface area contributed by atoms with E-state index in [1.165, 1.54) is 0 Å². The van der Waals surface area contributed by atoms with Crippen molar-refractivity contribution in [3.63, 3.8) is 0 Å². The van der Waals surface area contributed by atoms with Gasteiger partial charge in [-0.2, -0.15) is 0 Å². The third-order valence-corrected chi connectivity index (χ3v) is 4.06. The Labute approximate surface area is 160 Å². The van der Waals surface area contributed by atoms with E-state index < -0.39 is 0 Å². The van der Waals surface area contributed by atoms with Crippen molar-refractivity contribution in [3.05, 3.63) is 64.6 Å². The second-order valence-electron chi connectivity index (χ2n) is 5.56. The molecule has 0 aliphatic carbocycles. The molecule has 0 atom stereocenters. The van der Waals surface area contributed by atoms with E-state index in [4.69, 9.17) is 32.4 Å². The summed E-state index contributed by atoms with van der Waals surface area (Å²) in [6.07, 6.45) is 2.24. The van der Waals surface area contributed by atoms with Crippen LogP contribution in [0.1, 0.15) is 12.3 Å². The van der Waals surface area contributed by atoms with E-state index in [9.17, 15) is 4.79 Å². The summed E-state index contributed by atoms with van der Waals surface area (Å²) in [5, 5.41) is 3.68. The number of carbonyl (C=O) groups is 1. The fourth-order valence-corrected chi connectivity index (χ4v) is 2.93. The fourth-order valence-electron chi connectivity index (χ4n) is 2.41. The molecule has 0 saturated carbocycles. The van der Waals surface area contributed by atoms with Gasteiger partial charge in [-0.15, -0.1) is 0 Å². The SMILES string of the molecule is COc1cccc(-c2cnc(CCC(=O)Nc3cc(Cl)cc(Cl)c3)o2)c1. The van der Waals surface area contributed by atoms with E-state index in [0.717, 1.165) is 11.3 Å². The first-order valence-corrected chi connectivity index (χ1v) is 8.64. The number of anilines is 1. The monoisotopic (exact) mass is 390 g/mol. The van der Waals surface area contributed by atoms with Crippen molar-refractivity contribution in [1.82, 2.24) is 4.98 Å². The van der Waals surface area contributed by atoms with Crippen molar-refractivity contribution in [3.8, 4) is 17.1 Å². The molecule has 0 fully saturated rings. The molecule has 134 valence electrons. The number of hydrogen-bond donors (Lipinski definition) is 1. The molecule has 26 heavy (non-hydrogen) atoms. The molecule has 5 nitrogen and oxygen atoms in total. The van der Waals surface area contributed by atoms with Gasteiger partial charge in [-0.1, -0.05) is 35.3 Å². The zero-order chi connectivity index (χ0) is 18.5. The molecule has 1 aromatic heterocycles. The summed E-state index contributed by atoms with van der Waals surface area (Å²) >= 11 is 11.8. The summed E-state index contributed by atoms with van der Waals surface area (Å²) in [6, 6.07) is 12.4. The first-order valence-electron chi connectivity index (χ1n) is 7.88. The smallest absolute Gasteiger partial charge is 0.224 e. The molecular weight excluding hydrogens is 375 g/mol. The molecule has 0 radical (unpaired) electrons. The Morgan fingerprint density at radius 1 is 1.19 bits per heavy atom. The molecule has 0 spiro atoms. The number of nitrogens with one attached hydrogen (secondary N) is 1. The molecule has 0 aliphatic rings. The Bertz CT molecular complexity index is 904. The van der Waals surface area contributed by atoms with Crippen molar-refractivity contribution < 1.29 is 13.9 Å². The van der Waals surface area contributed by atoms with Crippen molar-refractivity contribution in [2.45, 2.75) is 12.8 Å². The van der Waals surface area contributed by atoms with Crippen LogP contribution in [0.4, 0.5) is 5.69 Å². The molecule has 1 N–H and O–H groups in total. The second kappa shape index (κ2) is 8.25. The lowest BCUT2D eigenvalue weighted by Crippen LogP contribution is -2.12. The van der Waals surface area contributed by atoms with E-state index >= 15 is 0 Å². The Hall–Kier alpha value is -2.50. The highest BCUT2D eigenvalue weighted by Crippen LogP contribution is 2.25. The molecule has 0 unspecified atom stereocenters. The van der Waals surface area contributed by atoms with Crippen LogP contribution in [0, 0.1) is 0 Å². The number of ether oxygens (including phenoxy) is 1. The Balaban J connectivity index is 1.59. The Morgan fingerprint density at radius 2 is 1.96 bits per heavy atom. The maximum absolute atomic E-state index is 12.1. The van der Waals surface area contributed by atoms with Gasteiger partial charge in [0, 0.05) is 34.1 Å². The van der Waals surface area contributed by atoms with Gasteiger partial charge in [0.25, 0.3) is 0 Å². The third-order valence-electron chi connectivity index (χ3n) is 3.62. The third kappa shape index (κ3) is 4.77. The number of amides is 1. The number of halogens is 2. The number of benzene rings is 2. The largest absolute Gasteiger partial charge is 0.497 e. The summed E-state index contributed by atoms with van der Waals surface area (Å²) in [5.74, 6) is 1.67. The lowest BCUT2D eigenvalue weighted by molar-refractivity contribution is -0.116. The highest BCUT2D eigenvalue weighted by atomic mass is 35.5. The predicted molar refractivity (Wildman–Crippen MR) is 102 cm³/mol. The molecule has 2 aromatic carbocycles. The van der Waals surface area contributed by atoms with Crippen LogP contribution in [0.3, 0.4) is 0 Å². The van der Waals surface area contributed by atoms with Crippen LogP contribution < -0.4 is 10.1 Å². The number of oxazole rings is 1. The van der Waals surface area contributed by atoms with Gasteiger partial charge in [0.2, 0.25) is 5.91 Å². The lowest BCUT2D eigenvalue weighted by Gasteiger charge is -2.05. The summed E-state index contributed by atoms with van der Waals surface area (Å²) < 4.78 is 10.9. The minimum atomic E-state index is -0.176. The number of carbonyl (C=O) groups excluding carboxylic acids is 1. The van der Waals surface area contributed by atoms with E-state index in [1.54, 1.807) is 31.5 Å². The number of nitrogens with zero attached hydrogens (tertiary/aromatic N) is 1. The van der Waals surface area contributed by atoms with Gasteiger partial charge in [-0.25, -0.2) is 4.98 Å². The van der Waals surface area contributed by atoms with E-state index in [2.05, 4.69) is 10.3 Å². The topological polar surface area (TPSA) is 64.4 Å². The maximum atomic E-state index is 12.1. The average molecular weight is 391 g/mol. The summed E-state index contributed by atoms with van der Waals surface area (Å²) in [4.78, 5) is 16.3. The molecule has 0 saturated heterocycles. The molecule has 0 bridgehead atoms. The summed E-state index contributed by atoms with van der Waals surface area (Å²) in [5.41, 5.74) is 1.41.